The van der Waals surface area contributed by atoms with Gasteiger partial charge in [0.1, 0.15) is 5.75 Å². The van der Waals surface area contributed by atoms with Gasteiger partial charge in [0.2, 0.25) is 0 Å². The summed E-state index contributed by atoms with van der Waals surface area (Å²) in [5, 5.41) is 0. The van der Waals surface area contributed by atoms with Crippen LogP contribution in [-0.2, 0) is 6.42 Å². The Kier molecular flexibility index (Phi) is 5.28. The first kappa shape index (κ1) is 16.3. The van der Waals surface area contributed by atoms with E-state index < -0.39 is 0 Å². The Morgan fingerprint density at radius 1 is 1.33 bits per heavy atom. The molecular weight excluding hydrogens is 260 g/mol. The van der Waals surface area contributed by atoms with Crippen molar-refractivity contribution in [2.75, 3.05) is 20.2 Å². The number of nitrogens with two attached hydrogens (primary N) is 1. The summed E-state index contributed by atoms with van der Waals surface area (Å²) in [5.41, 5.74) is 7.56. The first-order valence-electron chi connectivity index (χ1n) is 8.10. The first-order valence-corrected chi connectivity index (χ1v) is 8.10. The van der Waals surface area contributed by atoms with Crippen molar-refractivity contribution in [3.05, 3.63) is 29.8 Å². The number of methoxy groups -OCH3 is 1. The van der Waals surface area contributed by atoms with Gasteiger partial charge in [-0.3, -0.25) is 4.90 Å². The molecule has 0 spiro atoms. The van der Waals surface area contributed by atoms with Crippen LogP contribution in [0.1, 0.15) is 39.2 Å². The van der Waals surface area contributed by atoms with E-state index in [1.807, 2.05) is 12.1 Å². The van der Waals surface area contributed by atoms with E-state index in [1.165, 1.54) is 24.9 Å². The maximum absolute atomic E-state index is 6.19. The summed E-state index contributed by atoms with van der Waals surface area (Å²) in [6, 6.07) is 9.06. The van der Waals surface area contributed by atoms with Crippen LogP contribution in [0.15, 0.2) is 24.3 Å². The van der Waals surface area contributed by atoms with Gasteiger partial charge in [-0.25, -0.2) is 0 Å². The van der Waals surface area contributed by atoms with E-state index in [0.717, 1.165) is 12.2 Å². The van der Waals surface area contributed by atoms with E-state index in [-0.39, 0.29) is 5.54 Å². The fourth-order valence-electron chi connectivity index (χ4n) is 3.63. The highest BCUT2D eigenvalue weighted by atomic mass is 16.5. The van der Waals surface area contributed by atoms with Gasteiger partial charge in [0.05, 0.1) is 7.11 Å². The Bertz CT molecular complexity index is 443. The molecule has 2 unspecified atom stereocenters. The fraction of sp³-hybridized carbons (Fsp3) is 0.667. The van der Waals surface area contributed by atoms with Gasteiger partial charge in [-0.1, -0.05) is 26.0 Å². The molecule has 0 aliphatic carbocycles. The van der Waals surface area contributed by atoms with Gasteiger partial charge >= 0.3 is 0 Å². The first-order chi connectivity index (χ1) is 10.00. The fourth-order valence-corrected chi connectivity index (χ4v) is 3.63. The Balaban J connectivity index is 2.16. The lowest BCUT2D eigenvalue weighted by molar-refractivity contribution is 0.0736. The molecule has 21 heavy (non-hydrogen) atoms. The molecule has 1 aromatic carbocycles. The Hall–Kier alpha value is -1.06. The van der Waals surface area contributed by atoms with E-state index in [9.17, 15) is 0 Å². The van der Waals surface area contributed by atoms with Crippen molar-refractivity contribution >= 4 is 0 Å². The average Bonchev–Trinajstić information content (AvgIpc) is 2.98. The third kappa shape index (κ3) is 3.58. The van der Waals surface area contributed by atoms with Gasteiger partial charge in [-0.2, -0.15) is 0 Å². The smallest absolute Gasteiger partial charge is 0.118 e. The van der Waals surface area contributed by atoms with Crippen LogP contribution in [-0.4, -0.2) is 36.7 Å². The van der Waals surface area contributed by atoms with Gasteiger partial charge in [0.25, 0.3) is 0 Å². The van der Waals surface area contributed by atoms with Crippen molar-refractivity contribution < 1.29 is 4.74 Å². The van der Waals surface area contributed by atoms with E-state index >= 15 is 0 Å². The molecule has 2 N–H and O–H groups in total. The van der Waals surface area contributed by atoms with E-state index in [2.05, 4.69) is 37.8 Å². The van der Waals surface area contributed by atoms with Gasteiger partial charge in [-0.15, -0.1) is 0 Å². The van der Waals surface area contributed by atoms with Crippen molar-refractivity contribution in [2.24, 2.45) is 11.7 Å². The lowest BCUT2D eigenvalue weighted by Crippen LogP contribution is -2.56. The van der Waals surface area contributed by atoms with Crippen LogP contribution in [0.5, 0.6) is 5.75 Å². The number of rotatable bonds is 6. The van der Waals surface area contributed by atoms with Crippen LogP contribution in [0.25, 0.3) is 0 Å². The molecule has 0 radical (unpaired) electrons. The third-order valence-electron chi connectivity index (χ3n) is 4.95. The monoisotopic (exact) mass is 290 g/mol. The minimum absolute atomic E-state index is 0.0417. The van der Waals surface area contributed by atoms with Crippen molar-refractivity contribution in [3.8, 4) is 5.75 Å². The minimum Gasteiger partial charge on any atom is -0.497 e. The minimum atomic E-state index is 0.0417. The molecule has 0 amide bonds. The van der Waals surface area contributed by atoms with Crippen molar-refractivity contribution in [1.82, 2.24) is 4.90 Å². The standard InChI is InChI=1S/C18H30N2O/c1-14(2)17-6-5-11-20(17)18(3,13-19)12-15-7-9-16(21-4)10-8-15/h7-10,14,17H,5-6,11-13,19H2,1-4H3. The molecule has 1 heterocycles. The molecule has 0 bridgehead atoms. The molecule has 118 valence electrons. The molecule has 1 saturated heterocycles. The Labute approximate surface area is 129 Å². The molecule has 0 saturated carbocycles. The van der Waals surface area contributed by atoms with Gasteiger partial charge in [0.15, 0.2) is 0 Å². The molecule has 1 aromatic rings. The summed E-state index contributed by atoms with van der Waals surface area (Å²) in [6.45, 7) is 8.84. The summed E-state index contributed by atoms with van der Waals surface area (Å²) < 4.78 is 5.24. The molecule has 1 aliphatic heterocycles. The predicted octanol–water partition coefficient (Wildman–Crippen LogP) is 3.08. The van der Waals surface area contributed by atoms with Crippen LogP contribution < -0.4 is 10.5 Å². The van der Waals surface area contributed by atoms with Crippen LogP contribution in [0.2, 0.25) is 0 Å². The second kappa shape index (κ2) is 6.80. The number of nitrogens with zero attached hydrogens (tertiary/aromatic N) is 1. The summed E-state index contributed by atoms with van der Waals surface area (Å²) in [5.74, 6) is 1.60. The summed E-state index contributed by atoms with van der Waals surface area (Å²) >= 11 is 0. The van der Waals surface area contributed by atoms with E-state index in [1.54, 1.807) is 7.11 Å². The zero-order valence-electron chi connectivity index (χ0n) is 13.9. The number of benzene rings is 1. The van der Waals surface area contributed by atoms with Gasteiger partial charge in [0, 0.05) is 18.1 Å². The normalized spacial score (nSPS) is 22.5. The number of hydrogen-bond acceptors (Lipinski definition) is 3. The summed E-state index contributed by atoms with van der Waals surface area (Å²) in [7, 11) is 1.70. The molecule has 3 nitrogen and oxygen atoms in total. The highest BCUT2D eigenvalue weighted by molar-refractivity contribution is 5.28. The second-order valence-corrected chi connectivity index (χ2v) is 6.87. The molecule has 2 atom stereocenters. The van der Waals surface area contributed by atoms with Gasteiger partial charge < -0.3 is 10.5 Å². The second-order valence-electron chi connectivity index (χ2n) is 6.87. The topological polar surface area (TPSA) is 38.5 Å². The molecule has 0 aromatic heterocycles. The molecule has 2 rings (SSSR count). The van der Waals surface area contributed by atoms with Crippen LogP contribution >= 0.6 is 0 Å². The number of hydrogen-bond donors (Lipinski definition) is 1. The largest absolute Gasteiger partial charge is 0.497 e. The highest BCUT2D eigenvalue weighted by Gasteiger charge is 2.39. The lowest BCUT2D eigenvalue weighted by Gasteiger charge is -2.43. The van der Waals surface area contributed by atoms with Crippen LogP contribution in [0.3, 0.4) is 0 Å². The number of ether oxygens (including phenoxy) is 1. The Morgan fingerprint density at radius 3 is 2.52 bits per heavy atom. The maximum atomic E-state index is 6.19. The SMILES string of the molecule is COc1ccc(CC(C)(CN)N2CCCC2C(C)C)cc1. The van der Waals surface area contributed by atoms with Crippen molar-refractivity contribution in [1.29, 1.82) is 0 Å². The summed E-state index contributed by atoms with van der Waals surface area (Å²) in [4.78, 5) is 2.65. The van der Waals surface area contributed by atoms with Crippen LogP contribution in [0, 0.1) is 5.92 Å². The quantitative estimate of drug-likeness (QED) is 0.875. The molecule has 3 heteroatoms. The average molecular weight is 290 g/mol. The molecular formula is C18H30N2O. The molecule has 1 fully saturated rings. The summed E-state index contributed by atoms with van der Waals surface area (Å²) in [6.07, 6.45) is 3.59. The van der Waals surface area contributed by atoms with E-state index in [4.69, 9.17) is 10.5 Å². The third-order valence-corrected chi connectivity index (χ3v) is 4.95. The van der Waals surface area contributed by atoms with Crippen LogP contribution in [0.4, 0.5) is 0 Å². The van der Waals surface area contributed by atoms with Gasteiger partial charge in [-0.05, 0) is 56.3 Å². The zero-order chi connectivity index (χ0) is 15.5. The zero-order valence-corrected chi connectivity index (χ0v) is 13.9. The highest BCUT2D eigenvalue weighted by Crippen LogP contribution is 2.33. The van der Waals surface area contributed by atoms with E-state index in [0.29, 0.717) is 18.5 Å². The Morgan fingerprint density at radius 2 is 2.00 bits per heavy atom. The lowest BCUT2D eigenvalue weighted by atomic mass is 9.88. The van der Waals surface area contributed by atoms with Crippen molar-refractivity contribution in [3.63, 3.8) is 0 Å². The maximum Gasteiger partial charge on any atom is 0.118 e. The van der Waals surface area contributed by atoms with Crippen molar-refractivity contribution in [2.45, 2.75) is 51.6 Å². The molecule has 1 aliphatic rings. The number of likely N-dealkylation sites (tertiary alicyclic amines) is 1. The predicted molar refractivity (Wildman–Crippen MR) is 88.7 cm³/mol.